The first-order valence-corrected chi connectivity index (χ1v) is 10.7. The molecular weight excluding hydrogens is 428 g/mol. The third-order valence-electron chi connectivity index (χ3n) is 5.30. The van der Waals surface area contributed by atoms with Gasteiger partial charge in [-0.05, 0) is 36.8 Å². The second kappa shape index (κ2) is 8.84. The highest BCUT2D eigenvalue weighted by Gasteiger charge is 2.19. The van der Waals surface area contributed by atoms with E-state index in [0.29, 0.717) is 33.1 Å². The maximum Gasteiger partial charge on any atom is 0.263 e. The number of benzene rings is 2. The number of nitrogens with zero attached hydrogens (tertiary/aromatic N) is 2. The van der Waals surface area contributed by atoms with E-state index in [-0.39, 0.29) is 17.9 Å². The molecule has 4 rings (SSSR count). The van der Waals surface area contributed by atoms with E-state index in [0.717, 1.165) is 16.9 Å². The molecule has 0 N–H and O–H groups in total. The molecule has 0 fully saturated rings. The molecule has 2 aromatic carbocycles. The molecule has 8 heteroatoms. The summed E-state index contributed by atoms with van der Waals surface area (Å²) in [5.41, 5.74) is 1.80. The molecule has 0 bridgehead atoms. The number of Topliss-reactive ketones (excluding diaryl/α,β-unsaturated/α-hetero) is 1. The summed E-state index contributed by atoms with van der Waals surface area (Å²) in [6.45, 7) is 1.58. The molecule has 0 saturated carbocycles. The Morgan fingerprint density at radius 2 is 1.69 bits per heavy atom. The Hall–Kier alpha value is -3.65. The van der Waals surface area contributed by atoms with Crippen LogP contribution in [0.3, 0.4) is 0 Å². The van der Waals surface area contributed by atoms with Crippen LogP contribution >= 0.6 is 11.3 Å². The van der Waals surface area contributed by atoms with E-state index in [1.54, 1.807) is 39.3 Å². The monoisotopic (exact) mass is 450 g/mol. The largest absolute Gasteiger partial charge is 0.497 e. The Labute approximate surface area is 188 Å². The third-order valence-corrected chi connectivity index (χ3v) is 6.17. The normalized spacial score (nSPS) is 10.9. The van der Waals surface area contributed by atoms with Crippen LogP contribution < -0.4 is 19.8 Å². The number of hydrogen-bond acceptors (Lipinski definition) is 7. The summed E-state index contributed by atoms with van der Waals surface area (Å²) in [5, 5.41) is 2.42. The lowest BCUT2D eigenvalue weighted by atomic mass is 10.1. The number of fused-ring (bicyclic) bond motifs is 1. The molecule has 0 saturated heterocycles. The molecule has 0 aliphatic heterocycles. The molecule has 2 aromatic heterocycles. The molecule has 0 unspecified atom stereocenters. The highest BCUT2D eigenvalue weighted by Crippen LogP contribution is 2.32. The van der Waals surface area contributed by atoms with E-state index >= 15 is 0 Å². The van der Waals surface area contributed by atoms with Crippen LogP contribution in [-0.4, -0.2) is 36.7 Å². The Bertz CT molecular complexity index is 1360. The number of aryl methyl sites for hydroxylation is 1. The van der Waals surface area contributed by atoms with Crippen molar-refractivity contribution >= 4 is 27.3 Å². The molecule has 0 amide bonds. The molecule has 0 radical (unpaired) electrons. The maximum atomic E-state index is 13.5. The number of ketones is 1. The van der Waals surface area contributed by atoms with Gasteiger partial charge in [-0.15, -0.1) is 11.3 Å². The average molecular weight is 451 g/mol. The zero-order chi connectivity index (χ0) is 22.8. The van der Waals surface area contributed by atoms with Crippen LogP contribution in [0.15, 0.2) is 52.6 Å². The number of ether oxygens (including phenoxy) is 3. The van der Waals surface area contributed by atoms with Crippen LogP contribution in [0.25, 0.3) is 21.3 Å². The molecule has 4 aromatic rings. The van der Waals surface area contributed by atoms with Gasteiger partial charge in [-0.25, -0.2) is 4.98 Å². The molecule has 2 heterocycles. The Morgan fingerprint density at radius 3 is 2.34 bits per heavy atom. The minimum absolute atomic E-state index is 0.145. The lowest BCUT2D eigenvalue weighted by molar-refractivity contribution is 0.0966. The minimum atomic E-state index is -0.253. The lowest BCUT2D eigenvalue weighted by Crippen LogP contribution is -2.27. The van der Waals surface area contributed by atoms with Gasteiger partial charge in [0.15, 0.2) is 5.78 Å². The number of carbonyl (C=O) groups excluding carboxylic acids is 1. The molecule has 0 atom stereocenters. The predicted octanol–water partition coefficient (Wildman–Crippen LogP) is 4.34. The van der Waals surface area contributed by atoms with E-state index in [1.807, 2.05) is 29.6 Å². The van der Waals surface area contributed by atoms with E-state index in [1.165, 1.54) is 23.0 Å². The zero-order valence-corrected chi connectivity index (χ0v) is 19.0. The number of hydrogen-bond donors (Lipinski definition) is 0. The van der Waals surface area contributed by atoms with E-state index in [9.17, 15) is 9.59 Å². The SMILES string of the molecule is COc1ccc(-c2csc3nc(C)n(CC(=O)c4ccc(OC)cc4OC)c(=O)c23)cc1. The highest BCUT2D eigenvalue weighted by atomic mass is 32.1. The van der Waals surface area contributed by atoms with Crippen LogP contribution in [0, 0.1) is 6.92 Å². The molecule has 0 aliphatic rings. The van der Waals surface area contributed by atoms with Gasteiger partial charge in [-0.1, -0.05) is 12.1 Å². The highest BCUT2D eigenvalue weighted by molar-refractivity contribution is 7.17. The Morgan fingerprint density at radius 1 is 1.00 bits per heavy atom. The Kier molecular flexibility index (Phi) is 5.96. The van der Waals surface area contributed by atoms with Crippen molar-refractivity contribution in [2.75, 3.05) is 21.3 Å². The maximum absolute atomic E-state index is 13.5. The summed E-state index contributed by atoms with van der Waals surface area (Å²) in [6, 6.07) is 12.5. The summed E-state index contributed by atoms with van der Waals surface area (Å²) in [5.74, 6) is 1.93. The van der Waals surface area contributed by atoms with Crippen molar-refractivity contribution in [1.82, 2.24) is 9.55 Å². The minimum Gasteiger partial charge on any atom is -0.497 e. The van der Waals surface area contributed by atoms with Crippen molar-refractivity contribution in [1.29, 1.82) is 0 Å². The van der Waals surface area contributed by atoms with Crippen molar-refractivity contribution < 1.29 is 19.0 Å². The van der Waals surface area contributed by atoms with Gasteiger partial charge in [0.1, 0.15) is 27.9 Å². The van der Waals surface area contributed by atoms with Crippen molar-refractivity contribution in [3.05, 3.63) is 69.6 Å². The average Bonchev–Trinajstić information content (AvgIpc) is 3.25. The van der Waals surface area contributed by atoms with Gasteiger partial charge in [-0.2, -0.15) is 0 Å². The zero-order valence-electron chi connectivity index (χ0n) is 18.2. The van der Waals surface area contributed by atoms with Crippen LogP contribution in [0.1, 0.15) is 16.2 Å². The molecule has 0 aliphatic carbocycles. The fraction of sp³-hybridized carbons (Fsp3) is 0.208. The summed E-state index contributed by atoms with van der Waals surface area (Å²) < 4.78 is 17.2. The quantitative estimate of drug-likeness (QED) is 0.390. The fourth-order valence-electron chi connectivity index (χ4n) is 3.55. The predicted molar refractivity (Wildman–Crippen MR) is 124 cm³/mol. The standard InChI is InChI=1S/C24H22N2O5S/c1-14-25-23-22(19(13-32-23)15-5-7-16(29-2)8-6-15)24(28)26(14)12-20(27)18-10-9-17(30-3)11-21(18)31-4/h5-11,13H,12H2,1-4H3. The third kappa shape index (κ3) is 3.85. The number of rotatable bonds is 7. The second-order valence-electron chi connectivity index (χ2n) is 7.10. The summed E-state index contributed by atoms with van der Waals surface area (Å²) >= 11 is 1.41. The smallest absolute Gasteiger partial charge is 0.263 e. The van der Waals surface area contributed by atoms with Gasteiger partial charge in [-0.3, -0.25) is 14.2 Å². The van der Waals surface area contributed by atoms with Crippen molar-refractivity contribution in [3.8, 4) is 28.4 Å². The van der Waals surface area contributed by atoms with Crippen LogP contribution in [0.2, 0.25) is 0 Å². The first-order valence-electron chi connectivity index (χ1n) is 9.85. The van der Waals surface area contributed by atoms with Gasteiger partial charge >= 0.3 is 0 Å². The van der Waals surface area contributed by atoms with E-state index in [4.69, 9.17) is 14.2 Å². The van der Waals surface area contributed by atoms with Gasteiger partial charge in [0.2, 0.25) is 0 Å². The van der Waals surface area contributed by atoms with Gasteiger partial charge in [0.25, 0.3) is 5.56 Å². The number of thiophene rings is 1. The first-order chi connectivity index (χ1) is 15.5. The molecular formula is C24H22N2O5S. The number of carbonyl (C=O) groups is 1. The summed E-state index contributed by atoms with van der Waals surface area (Å²) in [6.07, 6.45) is 0. The van der Waals surface area contributed by atoms with Crippen LogP contribution in [-0.2, 0) is 6.54 Å². The summed E-state index contributed by atoms with van der Waals surface area (Å²) in [7, 11) is 4.64. The van der Waals surface area contributed by atoms with Gasteiger partial charge < -0.3 is 14.2 Å². The molecule has 0 spiro atoms. The fourth-order valence-corrected chi connectivity index (χ4v) is 4.54. The van der Waals surface area contributed by atoms with Crippen LogP contribution in [0.5, 0.6) is 17.2 Å². The van der Waals surface area contributed by atoms with E-state index in [2.05, 4.69) is 4.98 Å². The first kappa shape index (κ1) is 21.6. The van der Waals surface area contributed by atoms with Crippen molar-refractivity contribution in [3.63, 3.8) is 0 Å². The summed E-state index contributed by atoms with van der Waals surface area (Å²) in [4.78, 5) is 31.8. The Balaban J connectivity index is 1.76. The van der Waals surface area contributed by atoms with Gasteiger partial charge in [0, 0.05) is 17.0 Å². The molecule has 164 valence electrons. The second-order valence-corrected chi connectivity index (χ2v) is 7.96. The van der Waals surface area contributed by atoms with Gasteiger partial charge in [0.05, 0.1) is 38.8 Å². The van der Waals surface area contributed by atoms with E-state index < -0.39 is 0 Å². The number of methoxy groups -OCH3 is 3. The molecule has 7 nitrogen and oxygen atoms in total. The lowest BCUT2D eigenvalue weighted by Gasteiger charge is -2.12. The number of aromatic nitrogens is 2. The van der Waals surface area contributed by atoms with Crippen molar-refractivity contribution in [2.24, 2.45) is 0 Å². The topological polar surface area (TPSA) is 79.7 Å². The molecule has 32 heavy (non-hydrogen) atoms. The van der Waals surface area contributed by atoms with Crippen molar-refractivity contribution in [2.45, 2.75) is 13.5 Å². The van der Waals surface area contributed by atoms with Crippen LogP contribution in [0.4, 0.5) is 0 Å².